The van der Waals surface area contributed by atoms with Gasteiger partial charge in [0.1, 0.15) is 0 Å². The van der Waals surface area contributed by atoms with Crippen LogP contribution in [0.4, 0.5) is 5.69 Å². The number of rotatable bonds is 3. The molecule has 1 saturated heterocycles. The summed E-state index contributed by atoms with van der Waals surface area (Å²) in [4.78, 5) is 2.47. The second-order valence-corrected chi connectivity index (χ2v) is 5.81. The van der Waals surface area contributed by atoms with Gasteiger partial charge in [0.15, 0.2) is 0 Å². The molecular weight excluding hydrogens is 236 g/mol. The van der Waals surface area contributed by atoms with E-state index in [9.17, 15) is 0 Å². The fourth-order valence-corrected chi connectivity index (χ4v) is 3.64. The van der Waals surface area contributed by atoms with Gasteiger partial charge in [0.25, 0.3) is 0 Å². The van der Waals surface area contributed by atoms with Gasteiger partial charge < -0.3 is 15.4 Å². The summed E-state index contributed by atoms with van der Waals surface area (Å²) in [5.74, 6) is 0. The van der Waals surface area contributed by atoms with Crippen molar-refractivity contribution in [3.05, 3.63) is 29.8 Å². The molecule has 0 amide bonds. The zero-order valence-corrected chi connectivity index (χ0v) is 11.6. The van der Waals surface area contributed by atoms with Crippen LogP contribution in [0.3, 0.4) is 0 Å². The highest BCUT2D eigenvalue weighted by molar-refractivity contribution is 5.57. The normalized spacial score (nSPS) is 22.7. The van der Waals surface area contributed by atoms with Crippen LogP contribution in [0.5, 0.6) is 0 Å². The molecule has 3 nitrogen and oxygen atoms in total. The molecule has 2 aliphatic rings. The molecule has 1 aromatic rings. The molecule has 0 radical (unpaired) electrons. The summed E-state index contributed by atoms with van der Waals surface area (Å²) < 4.78 is 5.47. The Morgan fingerprint density at radius 2 is 1.79 bits per heavy atom. The topological polar surface area (TPSA) is 38.5 Å². The minimum absolute atomic E-state index is 0.217. The fourth-order valence-electron chi connectivity index (χ4n) is 3.64. The van der Waals surface area contributed by atoms with Crippen LogP contribution >= 0.6 is 0 Å². The van der Waals surface area contributed by atoms with E-state index >= 15 is 0 Å². The average Bonchev–Trinajstić information content (AvgIpc) is 2.98. The lowest BCUT2D eigenvalue weighted by molar-refractivity contribution is 0.122. The molecule has 0 spiro atoms. The number of ether oxygens (including phenoxy) is 1. The van der Waals surface area contributed by atoms with Gasteiger partial charge in [-0.05, 0) is 24.5 Å². The van der Waals surface area contributed by atoms with Gasteiger partial charge in [0.2, 0.25) is 0 Å². The van der Waals surface area contributed by atoms with Crippen LogP contribution in [0.2, 0.25) is 0 Å². The van der Waals surface area contributed by atoms with Crippen molar-refractivity contribution in [3.8, 4) is 0 Å². The maximum atomic E-state index is 6.16. The second-order valence-electron chi connectivity index (χ2n) is 5.81. The summed E-state index contributed by atoms with van der Waals surface area (Å²) in [6.07, 6.45) is 5.11. The van der Waals surface area contributed by atoms with Gasteiger partial charge >= 0.3 is 0 Å². The van der Waals surface area contributed by atoms with Gasteiger partial charge in [0.05, 0.1) is 13.2 Å². The first-order chi connectivity index (χ1) is 9.36. The summed E-state index contributed by atoms with van der Waals surface area (Å²) >= 11 is 0. The van der Waals surface area contributed by atoms with Crippen LogP contribution in [0.25, 0.3) is 0 Å². The number of nitrogens with two attached hydrogens (primary N) is 1. The lowest BCUT2D eigenvalue weighted by Gasteiger charge is -2.36. The molecule has 2 N–H and O–H groups in total. The number of benzene rings is 1. The summed E-state index contributed by atoms with van der Waals surface area (Å²) in [5.41, 5.74) is 9.23. The van der Waals surface area contributed by atoms with Crippen LogP contribution < -0.4 is 10.6 Å². The van der Waals surface area contributed by atoms with Crippen LogP contribution in [0, 0.1) is 0 Å². The fraction of sp³-hybridized carbons (Fsp3) is 0.625. The maximum Gasteiger partial charge on any atom is 0.0642 e. The molecule has 0 unspecified atom stereocenters. The number of morpholine rings is 1. The molecule has 1 aromatic carbocycles. The van der Waals surface area contributed by atoms with Gasteiger partial charge in [0, 0.05) is 30.7 Å². The summed E-state index contributed by atoms with van der Waals surface area (Å²) in [7, 11) is 0. The van der Waals surface area contributed by atoms with Crippen molar-refractivity contribution < 1.29 is 4.74 Å². The molecular formula is C16H24N2O. The van der Waals surface area contributed by atoms with Crippen LogP contribution in [-0.4, -0.2) is 32.8 Å². The number of anilines is 1. The van der Waals surface area contributed by atoms with Crippen molar-refractivity contribution in [2.24, 2.45) is 5.73 Å². The smallest absolute Gasteiger partial charge is 0.0642 e. The summed E-state index contributed by atoms with van der Waals surface area (Å²) in [5, 5.41) is 0. The molecule has 1 saturated carbocycles. The SMILES string of the molecule is NCC1(c2ccccc2N2CCOCC2)CCCC1. The largest absolute Gasteiger partial charge is 0.378 e. The van der Waals surface area contributed by atoms with Crippen molar-refractivity contribution in [2.75, 3.05) is 37.7 Å². The third-order valence-electron chi connectivity index (χ3n) is 4.78. The van der Waals surface area contributed by atoms with Crippen LogP contribution in [0.15, 0.2) is 24.3 Å². The first kappa shape index (κ1) is 12.9. The zero-order valence-electron chi connectivity index (χ0n) is 11.6. The Labute approximate surface area is 115 Å². The lowest BCUT2D eigenvalue weighted by atomic mass is 9.78. The van der Waals surface area contributed by atoms with E-state index in [0.717, 1.165) is 32.8 Å². The van der Waals surface area contributed by atoms with E-state index in [0.29, 0.717) is 0 Å². The van der Waals surface area contributed by atoms with E-state index in [1.807, 2.05) is 0 Å². The first-order valence-corrected chi connectivity index (χ1v) is 7.48. The summed E-state index contributed by atoms with van der Waals surface area (Å²) in [6.45, 7) is 4.44. The standard InChI is InChI=1S/C16H24N2O/c17-13-16(7-3-4-8-16)14-5-1-2-6-15(14)18-9-11-19-12-10-18/h1-2,5-6H,3-4,7-13,17H2. The van der Waals surface area contributed by atoms with E-state index in [1.54, 1.807) is 0 Å². The Kier molecular flexibility index (Phi) is 3.76. The second kappa shape index (κ2) is 5.51. The van der Waals surface area contributed by atoms with E-state index in [4.69, 9.17) is 10.5 Å². The third-order valence-corrected chi connectivity index (χ3v) is 4.78. The van der Waals surface area contributed by atoms with Crippen molar-refractivity contribution in [1.29, 1.82) is 0 Å². The minimum Gasteiger partial charge on any atom is -0.378 e. The third kappa shape index (κ3) is 2.37. The van der Waals surface area contributed by atoms with Crippen molar-refractivity contribution >= 4 is 5.69 Å². The van der Waals surface area contributed by atoms with E-state index < -0.39 is 0 Å². The predicted molar refractivity (Wildman–Crippen MR) is 78.7 cm³/mol. The van der Waals surface area contributed by atoms with Crippen LogP contribution in [-0.2, 0) is 10.2 Å². The Balaban J connectivity index is 1.96. The first-order valence-electron chi connectivity index (χ1n) is 7.48. The Morgan fingerprint density at radius 1 is 1.11 bits per heavy atom. The molecule has 3 heteroatoms. The van der Waals surface area contributed by atoms with Gasteiger partial charge in [-0.2, -0.15) is 0 Å². The molecule has 1 aliphatic carbocycles. The molecule has 2 fully saturated rings. The predicted octanol–water partition coefficient (Wildman–Crippen LogP) is 2.29. The van der Waals surface area contributed by atoms with E-state index in [2.05, 4.69) is 29.2 Å². The monoisotopic (exact) mass is 260 g/mol. The van der Waals surface area contributed by atoms with E-state index in [-0.39, 0.29) is 5.41 Å². The molecule has 104 valence electrons. The van der Waals surface area contributed by atoms with E-state index in [1.165, 1.54) is 36.9 Å². The maximum absolute atomic E-state index is 6.16. The molecule has 0 bridgehead atoms. The van der Waals surface area contributed by atoms with Gasteiger partial charge in [-0.3, -0.25) is 0 Å². The average molecular weight is 260 g/mol. The number of nitrogens with zero attached hydrogens (tertiary/aromatic N) is 1. The zero-order chi connectivity index (χ0) is 13.1. The number of para-hydroxylation sites is 1. The quantitative estimate of drug-likeness (QED) is 0.906. The molecule has 1 heterocycles. The Hall–Kier alpha value is -1.06. The molecule has 3 rings (SSSR count). The van der Waals surface area contributed by atoms with Gasteiger partial charge in [-0.1, -0.05) is 31.0 Å². The number of hydrogen-bond donors (Lipinski definition) is 1. The lowest BCUT2D eigenvalue weighted by Crippen LogP contribution is -2.39. The van der Waals surface area contributed by atoms with Crippen LogP contribution in [0.1, 0.15) is 31.2 Å². The minimum atomic E-state index is 0.217. The Morgan fingerprint density at radius 3 is 2.47 bits per heavy atom. The molecule has 0 aromatic heterocycles. The highest BCUT2D eigenvalue weighted by atomic mass is 16.5. The molecule has 1 aliphatic heterocycles. The van der Waals surface area contributed by atoms with Gasteiger partial charge in [-0.15, -0.1) is 0 Å². The summed E-state index contributed by atoms with van der Waals surface area (Å²) in [6, 6.07) is 8.86. The molecule has 0 atom stereocenters. The van der Waals surface area contributed by atoms with Gasteiger partial charge in [-0.25, -0.2) is 0 Å². The highest BCUT2D eigenvalue weighted by Gasteiger charge is 2.36. The highest BCUT2D eigenvalue weighted by Crippen LogP contribution is 2.44. The van der Waals surface area contributed by atoms with Crippen molar-refractivity contribution in [1.82, 2.24) is 0 Å². The van der Waals surface area contributed by atoms with Crippen molar-refractivity contribution in [2.45, 2.75) is 31.1 Å². The number of hydrogen-bond acceptors (Lipinski definition) is 3. The van der Waals surface area contributed by atoms with Crippen molar-refractivity contribution in [3.63, 3.8) is 0 Å². The molecule has 19 heavy (non-hydrogen) atoms. The Bertz CT molecular complexity index is 421.